The van der Waals surface area contributed by atoms with Gasteiger partial charge in [-0.3, -0.25) is 0 Å². The molecule has 0 atom stereocenters. The molecule has 3 aromatic rings. The second-order valence-corrected chi connectivity index (χ2v) is 8.15. The van der Waals surface area contributed by atoms with Gasteiger partial charge in [0.1, 0.15) is 24.2 Å². The molecule has 0 fully saturated rings. The van der Waals surface area contributed by atoms with Crippen molar-refractivity contribution in [2.24, 2.45) is 4.99 Å². The van der Waals surface area contributed by atoms with Crippen LogP contribution >= 0.6 is 27.5 Å². The third-order valence-corrected chi connectivity index (χ3v) is 5.72. The van der Waals surface area contributed by atoms with Gasteiger partial charge in [0.05, 0.1) is 32.6 Å². The Kier molecular flexibility index (Phi) is 7.13. The Hall–Kier alpha value is -2.83. The van der Waals surface area contributed by atoms with Crippen LogP contribution in [0.25, 0.3) is 11.3 Å². The first-order valence-electron chi connectivity index (χ1n) is 9.11. The molecule has 0 spiro atoms. The molecule has 2 heterocycles. The van der Waals surface area contributed by atoms with Gasteiger partial charge in [0, 0.05) is 19.2 Å². The Bertz CT molecular complexity index is 1110. The number of rotatable bonds is 7. The molecule has 0 saturated heterocycles. The van der Waals surface area contributed by atoms with E-state index in [1.54, 1.807) is 18.5 Å². The number of aromatic nitrogens is 2. The molecule has 0 radical (unpaired) electrons. The Morgan fingerprint density at radius 3 is 2.77 bits per heavy atom. The van der Waals surface area contributed by atoms with E-state index >= 15 is 0 Å². The van der Waals surface area contributed by atoms with Crippen LogP contribution in [0, 0.1) is 24.1 Å². The number of halogens is 2. The molecule has 0 aliphatic rings. The third-order valence-electron chi connectivity index (χ3n) is 4.33. The molecule has 1 aromatic carbocycles. The van der Waals surface area contributed by atoms with Crippen LogP contribution in [0.4, 0.5) is 10.1 Å². The van der Waals surface area contributed by atoms with Crippen LogP contribution < -0.4 is 4.74 Å². The van der Waals surface area contributed by atoms with Gasteiger partial charge >= 0.3 is 0 Å². The third kappa shape index (κ3) is 5.01. The van der Waals surface area contributed by atoms with Gasteiger partial charge in [0.2, 0.25) is 5.88 Å². The van der Waals surface area contributed by atoms with Crippen molar-refractivity contribution in [1.29, 1.82) is 5.26 Å². The summed E-state index contributed by atoms with van der Waals surface area (Å²) in [6.45, 7) is 4.90. The summed E-state index contributed by atoms with van der Waals surface area (Å²) in [4.78, 5) is 11.6. The van der Waals surface area contributed by atoms with Crippen molar-refractivity contribution in [2.75, 3.05) is 13.6 Å². The first-order chi connectivity index (χ1) is 14.4. The normalized spacial score (nSPS) is 10.9. The monoisotopic (exact) mass is 487 g/mol. The molecule has 9 heteroatoms. The van der Waals surface area contributed by atoms with Crippen LogP contribution in [-0.2, 0) is 6.61 Å². The number of hydrogen-bond acceptors (Lipinski definition) is 6. The van der Waals surface area contributed by atoms with Crippen LogP contribution in [0.15, 0.2) is 39.8 Å². The standard InChI is InChI=1S/C21H19BrFN5OS/c1-4-28(3)12-25-18-9-17(22)21(26-13(18)2)29-11-19-16(10-24)20(27-30-19)14-5-7-15(23)8-6-14/h5-9,12H,4,11H2,1-3H3. The van der Waals surface area contributed by atoms with Crippen LogP contribution in [0.3, 0.4) is 0 Å². The van der Waals surface area contributed by atoms with Crippen molar-refractivity contribution in [3.8, 4) is 23.2 Å². The van der Waals surface area contributed by atoms with E-state index in [9.17, 15) is 9.65 Å². The molecule has 2 aromatic heterocycles. The SMILES string of the molecule is CCN(C)C=Nc1cc(Br)c(OCc2snc(-c3ccc(F)cc3)c2C#N)nc1C. The lowest BCUT2D eigenvalue weighted by Gasteiger charge is -2.11. The zero-order valence-electron chi connectivity index (χ0n) is 16.7. The lowest BCUT2D eigenvalue weighted by Crippen LogP contribution is -2.14. The summed E-state index contributed by atoms with van der Waals surface area (Å²) in [5.41, 5.74) is 3.09. The number of ether oxygens (including phenoxy) is 1. The summed E-state index contributed by atoms with van der Waals surface area (Å²) >= 11 is 4.66. The Morgan fingerprint density at radius 1 is 1.37 bits per heavy atom. The zero-order chi connectivity index (χ0) is 21.7. The van der Waals surface area contributed by atoms with Crippen molar-refractivity contribution in [3.05, 3.63) is 56.8 Å². The van der Waals surface area contributed by atoms with E-state index in [4.69, 9.17) is 4.74 Å². The largest absolute Gasteiger partial charge is 0.471 e. The van der Waals surface area contributed by atoms with E-state index in [1.165, 1.54) is 23.7 Å². The van der Waals surface area contributed by atoms with Crippen LogP contribution in [0.1, 0.15) is 23.1 Å². The summed E-state index contributed by atoms with van der Waals surface area (Å²) in [5.74, 6) is 0.0763. The molecule has 3 rings (SSSR count). The number of nitrogens with zero attached hydrogens (tertiary/aromatic N) is 5. The van der Waals surface area contributed by atoms with Gasteiger partial charge in [-0.1, -0.05) is 0 Å². The van der Waals surface area contributed by atoms with Crippen molar-refractivity contribution < 1.29 is 9.13 Å². The van der Waals surface area contributed by atoms with Crippen LogP contribution in [0.5, 0.6) is 5.88 Å². The number of pyridine rings is 1. The molecule has 0 aliphatic heterocycles. The molecule has 0 unspecified atom stereocenters. The Morgan fingerprint density at radius 2 is 2.10 bits per heavy atom. The highest BCUT2D eigenvalue weighted by molar-refractivity contribution is 9.10. The lowest BCUT2D eigenvalue weighted by atomic mass is 10.1. The molecular formula is C21H19BrFN5OS. The van der Waals surface area contributed by atoms with Crippen molar-refractivity contribution >= 4 is 39.5 Å². The van der Waals surface area contributed by atoms with Crippen molar-refractivity contribution in [1.82, 2.24) is 14.3 Å². The summed E-state index contributed by atoms with van der Waals surface area (Å²) in [6, 6.07) is 9.92. The predicted molar refractivity (Wildman–Crippen MR) is 120 cm³/mol. The number of aliphatic imine (C=N–C) groups is 1. The maximum Gasteiger partial charge on any atom is 0.228 e. The number of benzene rings is 1. The molecule has 0 aliphatic carbocycles. The molecule has 0 saturated carbocycles. The highest BCUT2D eigenvalue weighted by Gasteiger charge is 2.17. The van der Waals surface area contributed by atoms with Gasteiger partial charge in [-0.2, -0.15) is 9.64 Å². The van der Waals surface area contributed by atoms with E-state index in [2.05, 4.69) is 36.3 Å². The molecule has 0 N–H and O–H groups in total. The lowest BCUT2D eigenvalue weighted by molar-refractivity contribution is 0.294. The number of hydrogen-bond donors (Lipinski definition) is 0. The Labute approximate surface area is 187 Å². The maximum atomic E-state index is 13.2. The smallest absolute Gasteiger partial charge is 0.228 e. The number of nitriles is 1. The van der Waals surface area contributed by atoms with E-state index in [0.29, 0.717) is 32.1 Å². The van der Waals surface area contributed by atoms with Gasteiger partial charge in [-0.05, 0) is 71.6 Å². The van der Waals surface area contributed by atoms with Gasteiger partial charge in [0.25, 0.3) is 0 Å². The molecule has 30 heavy (non-hydrogen) atoms. The second kappa shape index (κ2) is 9.78. The fraction of sp³-hybridized carbons (Fsp3) is 0.238. The van der Waals surface area contributed by atoms with E-state index in [1.807, 2.05) is 31.9 Å². The minimum Gasteiger partial charge on any atom is -0.471 e. The first-order valence-corrected chi connectivity index (χ1v) is 10.7. The summed E-state index contributed by atoms with van der Waals surface area (Å²) in [7, 11) is 1.95. The van der Waals surface area contributed by atoms with Crippen LogP contribution in [0.2, 0.25) is 0 Å². The minimum absolute atomic E-state index is 0.147. The predicted octanol–water partition coefficient (Wildman–Crippen LogP) is 5.48. The molecule has 0 bridgehead atoms. The maximum absolute atomic E-state index is 13.2. The van der Waals surface area contributed by atoms with Gasteiger partial charge < -0.3 is 9.64 Å². The van der Waals surface area contributed by atoms with Gasteiger partial charge in [0.15, 0.2) is 0 Å². The average molecular weight is 488 g/mol. The summed E-state index contributed by atoms with van der Waals surface area (Å²) < 4.78 is 24.1. The quantitative estimate of drug-likeness (QED) is 0.325. The average Bonchev–Trinajstić information content (AvgIpc) is 3.16. The number of aryl methyl sites for hydroxylation is 1. The van der Waals surface area contributed by atoms with Crippen LogP contribution in [-0.4, -0.2) is 34.2 Å². The molecule has 6 nitrogen and oxygen atoms in total. The fourth-order valence-electron chi connectivity index (χ4n) is 2.50. The van der Waals surface area contributed by atoms with E-state index in [0.717, 1.165) is 17.9 Å². The van der Waals surface area contributed by atoms with E-state index < -0.39 is 0 Å². The van der Waals surface area contributed by atoms with Crippen molar-refractivity contribution in [2.45, 2.75) is 20.5 Å². The molecule has 0 amide bonds. The Balaban J connectivity index is 1.79. The summed E-state index contributed by atoms with van der Waals surface area (Å²) in [5, 5.41) is 9.60. The first kappa shape index (κ1) is 21.9. The van der Waals surface area contributed by atoms with Gasteiger partial charge in [-0.25, -0.2) is 14.4 Å². The van der Waals surface area contributed by atoms with Gasteiger partial charge in [-0.15, -0.1) is 0 Å². The summed E-state index contributed by atoms with van der Waals surface area (Å²) in [6.07, 6.45) is 1.75. The van der Waals surface area contributed by atoms with Crippen molar-refractivity contribution in [3.63, 3.8) is 0 Å². The second-order valence-electron chi connectivity index (χ2n) is 6.43. The zero-order valence-corrected chi connectivity index (χ0v) is 19.1. The molecular weight excluding hydrogens is 469 g/mol. The topological polar surface area (TPSA) is 74.4 Å². The van der Waals surface area contributed by atoms with E-state index in [-0.39, 0.29) is 12.4 Å². The molecule has 154 valence electrons. The minimum atomic E-state index is -0.337. The fourth-order valence-corrected chi connectivity index (χ4v) is 3.66. The highest BCUT2D eigenvalue weighted by atomic mass is 79.9. The highest BCUT2D eigenvalue weighted by Crippen LogP contribution is 2.32.